The average molecular weight is 263 g/mol. The standard InChI is InChI=1S/C16H25NO2/c1-15(2,3)16(18,11-17)10-14-13-7-5-4-6-12(13)8-9-19-14/h4-7,14,18H,8-11,17H2,1-3H3. The zero-order valence-electron chi connectivity index (χ0n) is 12.1. The second kappa shape index (κ2) is 5.23. The molecule has 0 fully saturated rings. The molecule has 1 heterocycles. The topological polar surface area (TPSA) is 55.5 Å². The van der Waals surface area contributed by atoms with E-state index >= 15 is 0 Å². The third-order valence-corrected chi connectivity index (χ3v) is 4.35. The molecule has 0 amide bonds. The maximum atomic E-state index is 10.8. The third kappa shape index (κ3) is 2.83. The molecule has 106 valence electrons. The van der Waals surface area contributed by atoms with Crippen molar-refractivity contribution in [2.75, 3.05) is 13.2 Å². The molecule has 1 aliphatic heterocycles. The first kappa shape index (κ1) is 14.5. The quantitative estimate of drug-likeness (QED) is 0.880. The van der Waals surface area contributed by atoms with Crippen LogP contribution in [0.2, 0.25) is 0 Å². The van der Waals surface area contributed by atoms with Crippen LogP contribution in [-0.4, -0.2) is 23.9 Å². The monoisotopic (exact) mass is 263 g/mol. The molecule has 0 saturated carbocycles. The molecule has 1 aromatic carbocycles. The van der Waals surface area contributed by atoms with Crippen LogP contribution in [0.1, 0.15) is 44.4 Å². The molecule has 2 rings (SSSR count). The summed E-state index contributed by atoms with van der Waals surface area (Å²) in [4.78, 5) is 0. The highest BCUT2D eigenvalue weighted by atomic mass is 16.5. The highest BCUT2D eigenvalue weighted by Crippen LogP contribution is 2.40. The van der Waals surface area contributed by atoms with Gasteiger partial charge in [0.1, 0.15) is 0 Å². The maximum absolute atomic E-state index is 10.8. The molecule has 3 N–H and O–H groups in total. The van der Waals surface area contributed by atoms with Crippen LogP contribution in [0.4, 0.5) is 0 Å². The first-order valence-electron chi connectivity index (χ1n) is 6.99. The van der Waals surface area contributed by atoms with Crippen molar-refractivity contribution in [3.63, 3.8) is 0 Å². The van der Waals surface area contributed by atoms with E-state index in [2.05, 4.69) is 18.2 Å². The highest BCUT2D eigenvalue weighted by Gasteiger charge is 2.42. The van der Waals surface area contributed by atoms with Crippen LogP contribution in [0.5, 0.6) is 0 Å². The molecule has 19 heavy (non-hydrogen) atoms. The number of hydrogen-bond donors (Lipinski definition) is 2. The van der Waals surface area contributed by atoms with E-state index in [9.17, 15) is 5.11 Å². The smallest absolute Gasteiger partial charge is 0.0855 e. The summed E-state index contributed by atoms with van der Waals surface area (Å²) in [5.41, 5.74) is 7.17. The Bertz CT molecular complexity index is 439. The van der Waals surface area contributed by atoms with Gasteiger partial charge in [-0.2, -0.15) is 0 Å². The summed E-state index contributed by atoms with van der Waals surface area (Å²) >= 11 is 0. The molecule has 0 aliphatic carbocycles. The Kier molecular flexibility index (Phi) is 4.00. The van der Waals surface area contributed by atoms with Crippen LogP contribution in [0.25, 0.3) is 0 Å². The summed E-state index contributed by atoms with van der Waals surface area (Å²) in [6.45, 7) is 7.03. The summed E-state index contributed by atoms with van der Waals surface area (Å²) in [5.74, 6) is 0. The number of fused-ring (bicyclic) bond motifs is 1. The second-order valence-corrected chi connectivity index (χ2v) is 6.50. The zero-order valence-corrected chi connectivity index (χ0v) is 12.1. The van der Waals surface area contributed by atoms with Gasteiger partial charge in [0.2, 0.25) is 0 Å². The normalized spacial score (nSPS) is 22.7. The van der Waals surface area contributed by atoms with Gasteiger partial charge in [-0.15, -0.1) is 0 Å². The fourth-order valence-corrected chi connectivity index (χ4v) is 2.65. The molecule has 1 aliphatic rings. The van der Waals surface area contributed by atoms with E-state index in [0.717, 1.165) is 6.42 Å². The van der Waals surface area contributed by atoms with E-state index in [0.29, 0.717) is 13.0 Å². The van der Waals surface area contributed by atoms with Crippen molar-refractivity contribution in [1.82, 2.24) is 0 Å². The largest absolute Gasteiger partial charge is 0.388 e. The van der Waals surface area contributed by atoms with E-state index in [1.165, 1.54) is 11.1 Å². The van der Waals surface area contributed by atoms with Crippen LogP contribution in [0.3, 0.4) is 0 Å². The van der Waals surface area contributed by atoms with E-state index < -0.39 is 5.60 Å². The number of hydrogen-bond acceptors (Lipinski definition) is 3. The minimum absolute atomic E-state index is 0.0577. The number of aliphatic hydroxyl groups is 1. The van der Waals surface area contributed by atoms with E-state index in [1.807, 2.05) is 26.8 Å². The van der Waals surface area contributed by atoms with Gasteiger partial charge in [0.05, 0.1) is 18.3 Å². The molecular formula is C16H25NO2. The molecule has 3 heteroatoms. The fraction of sp³-hybridized carbons (Fsp3) is 0.625. The third-order valence-electron chi connectivity index (χ3n) is 4.35. The molecule has 2 atom stereocenters. The predicted molar refractivity (Wildman–Crippen MR) is 76.9 cm³/mol. The zero-order chi connectivity index (χ0) is 14.1. The highest BCUT2D eigenvalue weighted by molar-refractivity contribution is 5.31. The lowest BCUT2D eigenvalue weighted by Crippen LogP contribution is -2.50. The first-order valence-corrected chi connectivity index (χ1v) is 6.99. The van der Waals surface area contributed by atoms with Crippen LogP contribution in [0, 0.1) is 5.41 Å². The van der Waals surface area contributed by atoms with E-state index in [-0.39, 0.29) is 18.1 Å². The van der Waals surface area contributed by atoms with Gasteiger partial charge in [0, 0.05) is 13.0 Å². The van der Waals surface area contributed by atoms with Crippen molar-refractivity contribution in [1.29, 1.82) is 0 Å². The molecule has 2 unspecified atom stereocenters. The van der Waals surface area contributed by atoms with Crippen LogP contribution in [0.15, 0.2) is 24.3 Å². The Balaban J connectivity index is 2.25. The Morgan fingerprint density at radius 1 is 1.32 bits per heavy atom. The van der Waals surface area contributed by atoms with Crippen LogP contribution >= 0.6 is 0 Å². The van der Waals surface area contributed by atoms with E-state index in [1.54, 1.807) is 0 Å². The maximum Gasteiger partial charge on any atom is 0.0855 e. The summed E-state index contributed by atoms with van der Waals surface area (Å²) in [7, 11) is 0. The Morgan fingerprint density at radius 2 is 2.00 bits per heavy atom. The first-order chi connectivity index (χ1) is 8.87. The number of ether oxygens (including phenoxy) is 1. The van der Waals surface area contributed by atoms with Crippen LogP contribution in [-0.2, 0) is 11.2 Å². The fourth-order valence-electron chi connectivity index (χ4n) is 2.65. The molecule has 0 saturated heterocycles. The molecule has 3 nitrogen and oxygen atoms in total. The molecule has 0 radical (unpaired) electrons. The summed E-state index contributed by atoms with van der Waals surface area (Å²) < 4.78 is 5.88. The van der Waals surface area contributed by atoms with Crippen molar-refractivity contribution in [2.45, 2.75) is 45.3 Å². The second-order valence-electron chi connectivity index (χ2n) is 6.50. The predicted octanol–water partition coefficient (Wildman–Crippen LogP) is 2.43. The number of rotatable bonds is 3. The van der Waals surface area contributed by atoms with Crippen molar-refractivity contribution in [2.24, 2.45) is 11.1 Å². The van der Waals surface area contributed by atoms with Gasteiger partial charge in [0.15, 0.2) is 0 Å². The summed E-state index contributed by atoms with van der Waals surface area (Å²) in [5, 5.41) is 10.8. The van der Waals surface area contributed by atoms with Crippen LogP contribution < -0.4 is 5.73 Å². The summed E-state index contributed by atoms with van der Waals surface area (Å²) in [6.07, 6.45) is 1.44. The Morgan fingerprint density at radius 3 is 2.63 bits per heavy atom. The SMILES string of the molecule is CC(C)(C)C(O)(CN)CC1OCCc2ccccc21. The molecule has 0 bridgehead atoms. The van der Waals surface area contributed by atoms with E-state index in [4.69, 9.17) is 10.5 Å². The number of benzene rings is 1. The minimum Gasteiger partial charge on any atom is -0.388 e. The Hall–Kier alpha value is -0.900. The molecule has 1 aromatic rings. The van der Waals surface area contributed by atoms with Crippen molar-refractivity contribution in [3.8, 4) is 0 Å². The lowest BCUT2D eigenvalue weighted by atomic mass is 9.72. The van der Waals surface area contributed by atoms with Gasteiger partial charge in [-0.25, -0.2) is 0 Å². The van der Waals surface area contributed by atoms with Gasteiger partial charge in [-0.1, -0.05) is 45.0 Å². The average Bonchev–Trinajstić information content (AvgIpc) is 2.38. The Labute approximate surface area is 115 Å². The van der Waals surface area contributed by atoms with Gasteiger partial charge in [-0.05, 0) is 23.0 Å². The van der Waals surface area contributed by atoms with Crippen molar-refractivity contribution >= 4 is 0 Å². The molecule has 0 aromatic heterocycles. The van der Waals surface area contributed by atoms with Gasteiger partial charge < -0.3 is 15.6 Å². The van der Waals surface area contributed by atoms with Gasteiger partial charge >= 0.3 is 0 Å². The minimum atomic E-state index is -0.915. The number of nitrogens with two attached hydrogens (primary N) is 1. The summed E-state index contributed by atoms with van der Waals surface area (Å²) in [6, 6.07) is 8.32. The van der Waals surface area contributed by atoms with Crippen molar-refractivity contribution in [3.05, 3.63) is 35.4 Å². The van der Waals surface area contributed by atoms with Crippen molar-refractivity contribution < 1.29 is 9.84 Å². The molecule has 0 spiro atoms. The lowest BCUT2D eigenvalue weighted by molar-refractivity contribution is -0.0985. The van der Waals surface area contributed by atoms with Gasteiger partial charge in [-0.3, -0.25) is 0 Å². The van der Waals surface area contributed by atoms with Gasteiger partial charge in [0.25, 0.3) is 0 Å². The molecular weight excluding hydrogens is 238 g/mol. The lowest BCUT2D eigenvalue weighted by Gasteiger charge is -2.42.